The summed E-state index contributed by atoms with van der Waals surface area (Å²) in [6.45, 7) is 0.650. The molecule has 2 heterocycles. The average Bonchev–Trinajstić information content (AvgIpc) is 3.01. The lowest BCUT2D eigenvalue weighted by Gasteiger charge is -2.32. The lowest BCUT2D eigenvalue weighted by molar-refractivity contribution is 0.00719. The van der Waals surface area contributed by atoms with Gasteiger partial charge in [-0.05, 0) is 18.9 Å². The Bertz CT molecular complexity index is 648. The van der Waals surface area contributed by atoms with Gasteiger partial charge in [0, 0.05) is 18.8 Å². The molecule has 0 bridgehead atoms. The topological polar surface area (TPSA) is 91.6 Å². The third kappa shape index (κ3) is 3.36. The van der Waals surface area contributed by atoms with Crippen LogP contribution in [0.3, 0.4) is 0 Å². The number of urea groups is 1. The Morgan fingerprint density at radius 1 is 1.23 bits per heavy atom. The number of carbonyl (C=O) groups excluding carboxylic acids is 1. The van der Waals surface area contributed by atoms with E-state index in [4.69, 9.17) is 0 Å². The van der Waals surface area contributed by atoms with E-state index in [9.17, 15) is 9.90 Å². The highest BCUT2D eigenvalue weighted by atomic mass is 16.3. The normalized spacial score (nSPS) is 17.3. The van der Waals surface area contributed by atoms with Crippen LogP contribution in [0.25, 0.3) is 5.65 Å². The number of carbonyl (C=O) groups is 1. The van der Waals surface area contributed by atoms with Crippen LogP contribution in [0.5, 0.6) is 0 Å². The van der Waals surface area contributed by atoms with E-state index in [1.165, 1.54) is 0 Å². The predicted molar refractivity (Wildman–Crippen MR) is 81.3 cm³/mol. The Hall–Kier alpha value is -2.15. The van der Waals surface area contributed by atoms with Gasteiger partial charge in [0.05, 0.1) is 24.0 Å². The molecule has 0 saturated heterocycles. The molecule has 2 aromatic rings. The Morgan fingerprint density at radius 3 is 2.86 bits per heavy atom. The van der Waals surface area contributed by atoms with Crippen molar-refractivity contribution in [2.75, 3.05) is 6.54 Å². The summed E-state index contributed by atoms with van der Waals surface area (Å²) in [5, 5.41) is 20.1. The van der Waals surface area contributed by atoms with E-state index in [0.717, 1.165) is 43.4 Å². The molecule has 118 valence electrons. The van der Waals surface area contributed by atoms with Gasteiger partial charge < -0.3 is 15.7 Å². The fourth-order valence-electron chi connectivity index (χ4n) is 2.88. The first-order chi connectivity index (χ1) is 10.7. The van der Waals surface area contributed by atoms with E-state index < -0.39 is 5.60 Å². The summed E-state index contributed by atoms with van der Waals surface area (Å²) in [5.74, 6) is 0. The molecule has 1 aliphatic carbocycles. The molecule has 0 aromatic carbocycles. The molecule has 3 N–H and O–H groups in total. The Kier molecular flexibility index (Phi) is 4.24. The molecule has 3 rings (SSSR count). The largest absolute Gasteiger partial charge is 0.388 e. The van der Waals surface area contributed by atoms with Crippen LogP contribution >= 0.6 is 0 Å². The van der Waals surface area contributed by atoms with Crippen molar-refractivity contribution in [3.8, 4) is 0 Å². The van der Waals surface area contributed by atoms with Gasteiger partial charge in [0.25, 0.3) is 0 Å². The molecule has 0 radical (unpaired) electrons. The van der Waals surface area contributed by atoms with E-state index >= 15 is 0 Å². The second-order valence-electron chi connectivity index (χ2n) is 5.86. The molecule has 0 atom stereocenters. The first-order valence-corrected chi connectivity index (χ1v) is 7.68. The van der Waals surface area contributed by atoms with Crippen LogP contribution in [-0.4, -0.2) is 37.9 Å². The van der Waals surface area contributed by atoms with Crippen LogP contribution in [0.2, 0.25) is 0 Å². The van der Waals surface area contributed by atoms with Gasteiger partial charge in [-0.15, -0.1) is 0 Å². The summed E-state index contributed by atoms with van der Waals surface area (Å²) in [5.41, 5.74) is 0.847. The molecule has 1 fully saturated rings. The van der Waals surface area contributed by atoms with Crippen molar-refractivity contribution in [2.45, 2.75) is 44.2 Å². The van der Waals surface area contributed by atoms with E-state index in [1.54, 1.807) is 16.9 Å². The summed E-state index contributed by atoms with van der Waals surface area (Å²) in [6, 6.07) is 3.34. The zero-order chi connectivity index (χ0) is 15.4. The second kappa shape index (κ2) is 6.31. The van der Waals surface area contributed by atoms with Crippen LogP contribution < -0.4 is 10.6 Å². The molecule has 7 heteroatoms. The molecular weight excluding hydrogens is 282 g/mol. The fraction of sp³-hybridized carbons (Fsp3) is 0.533. The quantitative estimate of drug-likeness (QED) is 0.792. The van der Waals surface area contributed by atoms with Crippen molar-refractivity contribution >= 4 is 11.7 Å². The van der Waals surface area contributed by atoms with Crippen molar-refractivity contribution in [1.82, 2.24) is 25.2 Å². The number of amides is 2. The van der Waals surface area contributed by atoms with Gasteiger partial charge in [0.15, 0.2) is 5.65 Å². The SMILES string of the molecule is O=C(NCc1ccnc2ccnn12)NCC1(O)CCCCC1. The molecule has 0 spiro atoms. The second-order valence-corrected chi connectivity index (χ2v) is 5.86. The highest BCUT2D eigenvalue weighted by Gasteiger charge is 2.29. The molecule has 7 nitrogen and oxygen atoms in total. The molecule has 0 aliphatic heterocycles. The minimum Gasteiger partial charge on any atom is -0.388 e. The van der Waals surface area contributed by atoms with Gasteiger partial charge in [-0.25, -0.2) is 14.3 Å². The Labute approximate surface area is 128 Å². The van der Waals surface area contributed by atoms with Gasteiger partial charge in [-0.3, -0.25) is 0 Å². The van der Waals surface area contributed by atoms with Gasteiger partial charge in [-0.1, -0.05) is 19.3 Å². The fourth-order valence-corrected chi connectivity index (χ4v) is 2.88. The van der Waals surface area contributed by atoms with Crippen LogP contribution in [0.15, 0.2) is 24.5 Å². The van der Waals surface area contributed by atoms with E-state index in [2.05, 4.69) is 20.7 Å². The van der Waals surface area contributed by atoms with Crippen molar-refractivity contribution in [1.29, 1.82) is 0 Å². The van der Waals surface area contributed by atoms with Crippen molar-refractivity contribution in [3.05, 3.63) is 30.2 Å². The average molecular weight is 303 g/mol. The number of rotatable bonds is 4. The van der Waals surface area contributed by atoms with Crippen LogP contribution in [0.1, 0.15) is 37.8 Å². The van der Waals surface area contributed by atoms with Crippen LogP contribution in [-0.2, 0) is 6.54 Å². The van der Waals surface area contributed by atoms with Gasteiger partial charge >= 0.3 is 6.03 Å². The van der Waals surface area contributed by atoms with Crippen molar-refractivity contribution in [3.63, 3.8) is 0 Å². The van der Waals surface area contributed by atoms with E-state index in [-0.39, 0.29) is 6.03 Å². The number of hydrogen-bond donors (Lipinski definition) is 3. The molecule has 22 heavy (non-hydrogen) atoms. The van der Waals surface area contributed by atoms with Crippen molar-refractivity contribution < 1.29 is 9.90 Å². The standard InChI is InChI=1S/C15H21N5O2/c21-14(18-11-15(22)6-2-1-3-7-15)17-10-12-4-8-16-13-5-9-19-20(12)13/h4-5,8-9,22H,1-3,6-7,10-11H2,(H2,17,18,21). The highest BCUT2D eigenvalue weighted by molar-refractivity contribution is 5.73. The molecule has 1 aliphatic rings. The monoisotopic (exact) mass is 303 g/mol. The number of aromatic nitrogens is 3. The third-order valence-electron chi connectivity index (χ3n) is 4.16. The van der Waals surface area contributed by atoms with Crippen molar-refractivity contribution in [2.24, 2.45) is 0 Å². The molecule has 2 amide bonds. The van der Waals surface area contributed by atoms with E-state index in [1.807, 2.05) is 12.1 Å². The Balaban J connectivity index is 1.51. The van der Waals surface area contributed by atoms with Crippen LogP contribution in [0.4, 0.5) is 4.79 Å². The summed E-state index contributed by atoms with van der Waals surface area (Å²) >= 11 is 0. The summed E-state index contributed by atoms with van der Waals surface area (Å²) in [4.78, 5) is 16.1. The number of fused-ring (bicyclic) bond motifs is 1. The zero-order valence-corrected chi connectivity index (χ0v) is 12.5. The first kappa shape index (κ1) is 14.8. The maximum atomic E-state index is 11.9. The third-order valence-corrected chi connectivity index (χ3v) is 4.16. The zero-order valence-electron chi connectivity index (χ0n) is 12.5. The maximum Gasteiger partial charge on any atom is 0.315 e. The maximum absolute atomic E-state index is 11.9. The predicted octanol–water partition coefficient (Wildman–Crippen LogP) is 1.22. The number of nitrogens with one attached hydrogen (secondary N) is 2. The summed E-state index contributed by atoms with van der Waals surface area (Å²) < 4.78 is 1.69. The minimum atomic E-state index is -0.749. The van der Waals surface area contributed by atoms with Gasteiger partial charge in [0.2, 0.25) is 0 Å². The number of hydrogen-bond acceptors (Lipinski definition) is 4. The molecule has 0 unspecified atom stereocenters. The van der Waals surface area contributed by atoms with Gasteiger partial charge in [0.1, 0.15) is 0 Å². The highest BCUT2D eigenvalue weighted by Crippen LogP contribution is 2.27. The van der Waals surface area contributed by atoms with Gasteiger partial charge in [-0.2, -0.15) is 5.10 Å². The molecular formula is C15H21N5O2. The lowest BCUT2D eigenvalue weighted by Crippen LogP contribution is -2.47. The number of aliphatic hydroxyl groups is 1. The number of nitrogens with zero attached hydrogens (tertiary/aromatic N) is 3. The first-order valence-electron chi connectivity index (χ1n) is 7.68. The minimum absolute atomic E-state index is 0.281. The molecule has 1 saturated carbocycles. The smallest absolute Gasteiger partial charge is 0.315 e. The van der Waals surface area contributed by atoms with E-state index in [0.29, 0.717) is 13.1 Å². The molecule has 2 aromatic heterocycles. The lowest BCUT2D eigenvalue weighted by atomic mass is 9.85. The Morgan fingerprint density at radius 2 is 2.05 bits per heavy atom. The summed E-state index contributed by atoms with van der Waals surface area (Å²) in [6.07, 6.45) is 8.08. The van der Waals surface area contributed by atoms with Crippen LogP contribution in [0, 0.1) is 0 Å². The summed E-state index contributed by atoms with van der Waals surface area (Å²) in [7, 11) is 0.